The lowest BCUT2D eigenvalue weighted by Gasteiger charge is -2.14. The van der Waals surface area contributed by atoms with E-state index >= 15 is 0 Å². The largest absolute Gasteiger partial charge is 0.445 e. The van der Waals surface area contributed by atoms with E-state index in [-0.39, 0.29) is 28.0 Å². The van der Waals surface area contributed by atoms with Crippen LogP contribution in [0.15, 0.2) is 24.3 Å². The number of carbonyl (C=O) groups is 1. The molecule has 1 aromatic carbocycles. The van der Waals surface area contributed by atoms with Gasteiger partial charge in [-0.3, -0.25) is 10.1 Å². The van der Waals surface area contributed by atoms with E-state index < -0.39 is 17.1 Å². The molecule has 3 aromatic rings. The Balaban J connectivity index is 1.66. The van der Waals surface area contributed by atoms with Gasteiger partial charge in [0.1, 0.15) is 5.82 Å². The standard InChI is InChI=1S/C17H13F4N5OS/c18-9-5-7-10(8-6-9)26-12-4-2-1-3-11(12)13(25-26)14(27)22-16-24-23-15(28-16)17(19,20)21/h5-8H,1-4H2,(H,22,24,27). The van der Waals surface area contributed by atoms with E-state index in [4.69, 9.17) is 0 Å². The van der Waals surface area contributed by atoms with Gasteiger partial charge in [-0.15, -0.1) is 10.2 Å². The Morgan fingerprint density at radius 2 is 1.82 bits per heavy atom. The quantitative estimate of drug-likeness (QED) is 0.661. The van der Waals surface area contributed by atoms with E-state index in [2.05, 4.69) is 20.6 Å². The molecule has 1 N–H and O–H groups in total. The molecule has 0 atom stereocenters. The molecule has 0 bridgehead atoms. The molecule has 4 rings (SSSR count). The summed E-state index contributed by atoms with van der Waals surface area (Å²) in [6.07, 6.45) is -1.50. The SMILES string of the molecule is O=C(Nc1nnc(C(F)(F)F)s1)c1nn(-c2ccc(F)cc2)c2c1CCCC2. The zero-order chi connectivity index (χ0) is 19.9. The highest BCUT2D eigenvalue weighted by Crippen LogP contribution is 2.33. The molecule has 28 heavy (non-hydrogen) atoms. The van der Waals surface area contributed by atoms with Gasteiger partial charge >= 0.3 is 6.18 Å². The first-order valence-electron chi connectivity index (χ1n) is 8.41. The van der Waals surface area contributed by atoms with Gasteiger partial charge in [0, 0.05) is 11.3 Å². The molecule has 0 aliphatic heterocycles. The van der Waals surface area contributed by atoms with Gasteiger partial charge < -0.3 is 0 Å². The maximum Gasteiger partial charge on any atom is 0.445 e. The maximum atomic E-state index is 13.2. The van der Waals surface area contributed by atoms with E-state index in [9.17, 15) is 22.4 Å². The van der Waals surface area contributed by atoms with Gasteiger partial charge in [-0.05, 0) is 49.9 Å². The van der Waals surface area contributed by atoms with E-state index in [0.717, 1.165) is 24.1 Å². The van der Waals surface area contributed by atoms with Crippen molar-refractivity contribution < 1.29 is 22.4 Å². The lowest BCUT2D eigenvalue weighted by molar-refractivity contribution is -0.138. The van der Waals surface area contributed by atoms with Crippen LogP contribution in [0.1, 0.15) is 39.6 Å². The van der Waals surface area contributed by atoms with Gasteiger partial charge in [0.15, 0.2) is 5.69 Å². The van der Waals surface area contributed by atoms with Crippen molar-refractivity contribution in [1.29, 1.82) is 0 Å². The van der Waals surface area contributed by atoms with Crippen molar-refractivity contribution in [1.82, 2.24) is 20.0 Å². The number of nitrogens with zero attached hydrogens (tertiary/aromatic N) is 4. The summed E-state index contributed by atoms with van der Waals surface area (Å²) in [7, 11) is 0. The van der Waals surface area contributed by atoms with Crippen LogP contribution < -0.4 is 5.32 Å². The van der Waals surface area contributed by atoms with Crippen LogP contribution in [0.5, 0.6) is 0 Å². The minimum atomic E-state index is -4.62. The summed E-state index contributed by atoms with van der Waals surface area (Å²) < 4.78 is 52.8. The monoisotopic (exact) mass is 411 g/mol. The molecule has 2 aromatic heterocycles. The second-order valence-electron chi connectivity index (χ2n) is 6.23. The lowest BCUT2D eigenvalue weighted by Crippen LogP contribution is -2.15. The van der Waals surface area contributed by atoms with E-state index in [1.807, 2.05) is 0 Å². The number of hydrogen-bond acceptors (Lipinski definition) is 5. The maximum absolute atomic E-state index is 13.2. The van der Waals surface area contributed by atoms with Crippen molar-refractivity contribution in [2.24, 2.45) is 0 Å². The second-order valence-corrected chi connectivity index (χ2v) is 7.21. The zero-order valence-corrected chi connectivity index (χ0v) is 15.1. The van der Waals surface area contributed by atoms with Crippen LogP contribution in [0.25, 0.3) is 5.69 Å². The third-order valence-corrected chi connectivity index (χ3v) is 5.24. The van der Waals surface area contributed by atoms with Gasteiger partial charge in [0.2, 0.25) is 10.1 Å². The molecule has 0 spiro atoms. The van der Waals surface area contributed by atoms with Crippen molar-refractivity contribution in [2.75, 3.05) is 5.32 Å². The molecule has 0 radical (unpaired) electrons. The molecular weight excluding hydrogens is 398 g/mol. The summed E-state index contributed by atoms with van der Waals surface area (Å²) in [6.45, 7) is 0. The molecule has 11 heteroatoms. The smallest absolute Gasteiger partial charge is 0.295 e. The number of hydrogen-bond donors (Lipinski definition) is 1. The van der Waals surface area contributed by atoms with Crippen molar-refractivity contribution >= 4 is 22.4 Å². The molecule has 1 aliphatic rings. The summed E-state index contributed by atoms with van der Waals surface area (Å²) >= 11 is 0.250. The highest BCUT2D eigenvalue weighted by Gasteiger charge is 2.36. The fraction of sp³-hybridized carbons (Fsp3) is 0.294. The van der Waals surface area contributed by atoms with Crippen LogP contribution in [0.2, 0.25) is 0 Å². The number of nitrogens with one attached hydrogen (secondary N) is 1. The molecule has 0 saturated heterocycles. The number of anilines is 1. The lowest BCUT2D eigenvalue weighted by atomic mass is 9.95. The van der Waals surface area contributed by atoms with Crippen LogP contribution in [-0.4, -0.2) is 25.9 Å². The fourth-order valence-corrected chi connectivity index (χ4v) is 3.73. The van der Waals surface area contributed by atoms with Crippen molar-refractivity contribution in [3.63, 3.8) is 0 Å². The van der Waals surface area contributed by atoms with Gasteiger partial charge in [0.05, 0.1) is 5.69 Å². The van der Waals surface area contributed by atoms with Crippen LogP contribution >= 0.6 is 11.3 Å². The number of carbonyl (C=O) groups excluding carboxylic acids is 1. The molecule has 0 saturated carbocycles. The summed E-state index contributed by atoms with van der Waals surface area (Å²) in [6, 6.07) is 5.70. The average Bonchev–Trinajstić information content (AvgIpc) is 3.27. The van der Waals surface area contributed by atoms with Gasteiger partial charge in [-0.1, -0.05) is 11.3 Å². The highest BCUT2D eigenvalue weighted by atomic mass is 32.1. The Labute approximate surface area is 160 Å². The first-order valence-corrected chi connectivity index (χ1v) is 9.23. The predicted molar refractivity (Wildman–Crippen MR) is 93.0 cm³/mol. The van der Waals surface area contributed by atoms with E-state index in [1.54, 1.807) is 16.8 Å². The minimum Gasteiger partial charge on any atom is -0.295 e. The number of benzene rings is 1. The van der Waals surface area contributed by atoms with Crippen LogP contribution in [0.4, 0.5) is 22.7 Å². The number of rotatable bonds is 3. The zero-order valence-electron chi connectivity index (χ0n) is 14.3. The Bertz CT molecular complexity index is 1030. The molecule has 1 aliphatic carbocycles. The Morgan fingerprint density at radius 3 is 2.50 bits per heavy atom. The van der Waals surface area contributed by atoms with Crippen molar-refractivity contribution in [3.8, 4) is 5.69 Å². The van der Waals surface area contributed by atoms with Crippen molar-refractivity contribution in [3.05, 3.63) is 52.0 Å². The Kier molecular flexibility index (Phi) is 4.61. The summed E-state index contributed by atoms with van der Waals surface area (Å²) in [4.78, 5) is 12.7. The molecule has 1 amide bonds. The topological polar surface area (TPSA) is 72.7 Å². The predicted octanol–water partition coefficient (Wildman–Crippen LogP) is 4.01. The highest BCUT2D eigenvalue weighted by molar-refractivity contribution is 7.15. The van der Waals surface area contributed by atoms with E-state index in [0.29, 0.717) is 18.5 Å². The number of alkyl halides is 3. The number of aromatic nitrogens is 4. The van der Waals surface area contributed by atoms with Crippen LogP contribution in [0.3, 0.4) is 0 Å². The molecular formula is C17H13F4N5OS. The summed E-state index contributed by atoms with van der Waals surface area (Å²) in [5.41, 5.74) is 2.32. The van der Waals surface area contributed by atoms with Gasteiger partial charge in [-0.2, -0.15) is 18.3 Å². The first-order chi connectivity index (χ1) is 13.3. The molecule has 0 unspecified atom stereocenters. The third-order valence-electron chi connectivity index (χ3n) is 4.35. The number of halogens is 4. The number of amides is 1. The summed E-state index contributed by atoms with van der Waals surface area (Å²) in [5.74, 6) is -1.04. The molecule has 146 valence electrons. The van der Waals surface area contributed by atoms with Gasteiger partial charge in [0.25, 0.3) is 5.91 Å². The Hall–Kier alpha value is -2.82. The van der Waals surface area contributed by atoms with Crippen molar-refractivity contribution in [2.45, 2.75) is 31.9 Å². The summed E-state index contributed by atoms with van der Waals surface area (Å²) in [5, 5.41) is 11.7. The van der Waals surface area contributed by atoms with Gasteiger partial charge in [-0.25, -0.2) is 9.07 Å². The average molecular weight is 411 g/mol. The fourth-order valence-electron chi connectivity index (χ4n) is 3.12. The Morgan fingerprint density at radius 1 is 1.11 bits per heavy atom. The molecule has 2 heterocycles. The first kappa shape index (κ1) is 18.5. The minimum absolute atomic E-state index is 0.128. The van der Waals surface area contributed by atoms with Crippen LogP contribution in [0, 0.1) is 5.82 Å². The molecule has 0 fully saturated rings. The number of fused-ring (bicyclic) bond motifs is 1. The van der Waals surface area contributed by atoms with E-state index in [1.165, 1.54) is 12.1 Å². The molecule has 6 nitrogen and oxygen atoms in total. The normalized spacial score (nSPS) is 14.0. The third kappa shape index (κ3) is 3.49. The second kappa shape index (κ2) is 6.97. The van der Waals surface area contributed by atoms with Crippen LogP contribution in [-0.2, 0) is 19.0 Å².